The number of aliphatic carboxylic acids is 1. The van der Waals surface area contributed by atoms with E-state index in [2.05, 4.69) is 0 Å². The fourth-order valence-corrected chi connectivity index (χ4v) is 4.69. The number of aliphatic hydroxyl groups is 1. The Morgan fingerprint density at radius 2 is 1.77 bits per heavy atom. The molecule has 0 aliphatic carbocycles. The van der Waals surface area contributed by atoms with Gasteiger partial charge < -0.3 is 33.5 Å². The lowest BCUT2D eigenvalue weighted by atomic mass is 10.0. The summed E-state index contributed by atoms with van der Waals surface area (Å²) in [6.07, 6.45) is -0.191. The number of benzene rings is 1. The molecule has 1 unspecified atom stereocenters. The first-order valence-corrected chi connectivity index (χ1v) is 12.8. The van der Waals surface area contributed by atoms with E-state index in [4.69, 9.17) is 23.3 Å². The van der Waals surface area contributed by atoms with Gasteiger partial charge in [0.2, 0.25) is 0 Å². The monoisotopic (exact) mass is 524 g/mol. The summed E-state index contributed by atoms with van der Waals surface area (Å²) in [6, 6.07) is 3.22. The standard InChI is InChI=1S/C23H35F2O9P/c1-6-18-20(10-9-17(21(18)30-5)15-19(16(4)26)22(27)28)32-14-13-31-12-11-23(24,25)35(29,33-7-2)34-8-3/h9-10,15-16,26H,6-8,11-14H2,1-5H3,(H,27,28)/b19-15+. The van der Waals surface area contributed by atoms with E-state index in [0.29, 0.717) is 29.0 Å². The van der Waals surface area contributed by atoms with Crippen LogP contribution in [-0.2, 0) is 29.6 Å². The van der Waals surface area contributed by atoms with Crippen LogP contribution in [0.3, 0.4) is 0 Å². The molecule has 0 radical (unpaired) electrons. The molecule has 1 atom stereocenters. The third-order valence-corrected chi connectivity index (χ3v) is 7.07. The molecule has 35 heavy (non-hydrogen) atoms. The van der Waals surface area contributed by atoms with Crippen molar-refractivity contribution < 1.29 is 51.6 Å². The second kappa shape index (κ2) is 14.5. The maximum absolute atomic E-state index is 14.3. The molecule has 0 spiro atoms. The second-order valence-electron chi connectivity index (χ2n) is 7.31. The van der Waals surface area contributed by atoms with Crippen LogP contribution in [0.25, 0.3) is 6.08 Å². The van der Waals surface area contributed by atoms with Crippen LogP contribution in [0, 0.1) is 0 Å². The smallest absolute Gasteiger partial charge is 0.399 e. The van der Waals surface area contributed by atoms with Gasteiger partial charge in [0.05, 0.1) is 45.2 Å². The Balaban J connectivity index is 2.80. The average Bonchev–Trinajstić information content (AvgIpc) is 2.79. The number of methoxy groups -OCH3 is 1. The molecule has 0 aromatic heterocycles. The molecule has 9 nitrogen and oxygen atoms in total. The third-order valence-electron chi connectivity index (χ3n) is 4.84. The van der Waals surface area contributed by atoms with Gasteiger partial charge in [-0.2, -0.15) is 8.78 Å². The second-order valence-corrected chi connectivity index (χ2v) is 9.47. The fourth-order valence-electron chi connectivity index (χ4n) is 3.19. The quantitative estimate of drug-likeness (QED) is 0.169. The number of hydrogen-bond donors (Lipinski definition) is 2. The fraction of sp³-hybridized carbons (Fsp3) is 0.609. The van der Waals surface area contributed by atoms with Gasteiger partial charge in [-0.3, -0.25) is 4.57 Å². The molecular formula is C23H35F2O9P. The molecule has 200 valence electrons. The normalized spacial score (nSPS) is 13.5. The number of aliphatic hydroxyl groups excluding tert-OH is 1. The number of carbonyl (C=O) groups is 1. The Bertz CT molecular complexity index is 893. The highest BCUT2D eigenvalue weighted by molar-refractivity contribution is 7.55. The minimum absolute atomic E-state index is 0.0119. The number of alkyl halides is 2. The first kappa shape index (κ1) is 31.0. The van der Waals surface area contributed by atoms with Crippen molar-refractivity contribution in [2.45, 2.75) is 52.3 Å². The molecule has 0 saturated carbocycles. The first-order valence-electron chi connectivity index (χ1n) is 11.3. The number of rotatable bonds is 17. The summed E-state index contributed by atoms with van der Waals surface area (Å²) < 4.78 is 66.8. The van der Waals surface area contributed by atoms with Crippen molar-refractivity contribution in [2.75, 3.05) is 40.1 Å². The molecule has 0 fully saturated rings. The summed E-state index contributed by atoms with van der Waals surface area (Å²) in [4.78, 5) is 11.4. The van der Waals surface area contributed by atoms with Crippen LogP contribution < -0.4 is 9.47 Å². The molecular weight excluding hydrogens is 489 g/mol. The van der Waals surface area contributed by atoms with Gasteiger partial charge in [0.1, 0.15) is 18.1 Å². The van der Waals surface area contributed by atoms with Crippen LogP contribution in [0.15, 0.2) is 17.7 Å². The van der Waals surface area contributed by atoms with E-state index in [0.717, 1.165) is 0 Å². The zero-order valence-electron chi connectivity index (χ0n) is 20.7. The molecule has 1 aromatic carbocycles. The number of carboxylic acid groups (broad SMARTS) is 1. The summed E-state index contributed by atoms with van der Waals surface area (Å²) >= 11 is 0. The van der Waals surface area contributed by atoms with Crippen LogP contribution in [-0.4, -0.2) is 68.1 Å². The highest BCUT2D eigenvalue weighted by Crippen LogP contribution is 2.63. The van der Waals surface area contributed by atoms with Crippen LogP contribution in [0.5, 0.6) is 11.5 Å². The van der Waals surface area contributed by atoms with Crippen molar-refractivity contribution in [3.63, 3.8) is 0 Å². The van der Waals surface area contributed by atoms with Crippen molar-refractivity contribution in [2.24, 2.45) is 0 Å². The van der Waals surface area contributed by atoms with Crippen molar-refractivity contribution in [3.8, 4) is 11.5 Å². The molecule has 0 heterocycles. The zero-order chi connectivity index (χ0) is 26.6. The first-order chi connectivity index (χ1) is 16.5. The predicted molar refractivity (Wildman–Crippen MR) is 126 cm³/mol. The lowest BCUT2D eigenvalue weighted by Gasteiger charge is -2.25. The van der Waals surface area contributed by atoms with Crippen molar-refractivity contribution in [1.82, 2.24) is 0 Å². The van der Waals surface area contributed by atoms with Crippen LogP contribution in [0.1, 0.15) is 45.2 Å². The molecule has 1 rings (SSSR count). The highest BCUT2D eigenvalue weighted by atomic mass is 31.2. The molecule has 0 saturated heterocycles. The van der Waals surface area contributed by atoms with Gasteiger partial charge in [-0.15, -0.1) is 0 Å². The van der Waals surface area contributed by atoms with Gasteiger partial charge in [0.15, 0.2) is 0 Å². The molecule has 12 heteroatoms. The van der Waals surface area contributed by atoms with Crippen LogP contribution in [0.2, 0.25) is 0 Å². The topological polar surface area (TPSA) is 121 Å². The molecule has 0 aliphatic heterocycles. The van der Waals surface area contributed by atoms with Crippen molar-refractivity contribution >= 4 is 19.6 Å². The highest BCUT2D eigenvalue weighted by Gasteiger charge is 2.52. The zero-order valence-corrected chi connectivity index (χ0v) is 21.6. The Morgan fingerprint density at radius 3 is 2.26 bits per heavy atom. The summed E-state index contributed by atoms with van der Waals surface area (Å²) in [7, 11) is -3.15. The summed E-state index contributed by atoms with van der Waals surface area (Å²) in [6.45, 7) is 5.43. The average molecular weight is 524 g/mol. The van der Waals surface area contributed by atoms with Crippen molar-refractivity contribution in [3.05, 3.63) is 28.8 Å². The maximum Gasteiger partial charge on any atom is 0.399 e. The summed E-state index contributed by atoms with van der Waals surface area (Å²) in [5, 5.41) is 19.0. The molecule has 1 aromatic rings. The number of carboxylic acids is 1. The molecule has 0 bridgehead atoms. The van der Waals surface area contributed by atoms with E-state index < -0.39 is 31.8 Å². The van der Waals surface area contributed by atoms with Crippen LogP contribution in [0.4, 0.5) is 8.78 Å². The van der Waals surface area contributed by atoms with Crippen LogP contribution >= 0.6 is 7.60 Å². The van der Waals surface area contributed by atoms with Gasteiger partial charge >= 0.3 is 19.2 Å². The lowest BCUT2D eigenvalue weighted by molar-refractivity contribution is -0.133. The van der Waals surface area contributed by atoms with E-state index in [9.17, 15) is 28.4 Å². The van der Waals surface area contributed by atoms with E-state index in [1.165, 1.54) is 34.0 Å². The Labute approximate surface area is 204 Å². The third kappa shape index (κ3) is 8.54. The van der Waals surface area contributed by atoms with E-state index >= 15 is 0 Å². The SMILES string of the molecule is CCOP(=O)(OCC)C(F)(F)CCOCCOc1ccc(/C=C(/C(=O)O)C(C)O)c(OC)c1CC. The lowest BCUT2D eigenvalue weighted by Crippen LogP contribution is -2.23. The Morgan fingerprint density at radius 1 is 1.14 bits per heavy atom. The van der Waals surface area contributed by atoms with E-state index in [-0.39, 0.29) is 38.6 Å². The Hall–Kier alpha value is -2.04. The number of halogens is 2. The van der Waals surface area contributed by atoms with Gasteiger partial charge in [0.25, 0.3) is 0 Å². The largest absolute Gasteiger partial charge is 0.496 e. The predicted octanol–water partition coefficient (Wildman–Crippen LogP) is 4.75. The van der Waals surface area contributed by atoms with Crippen molar-refractivity contribution in [1.29, 1.82) is 0 Å². The number of ether oxygens (including phenoxy) is 3. The Kier molecular flexibility index (Phi) is 12.8. The molecule has 2 N–H and O–H groups in total. The summed E-state index contributed by atoms with van der Waals surface area (Å²) in [5.74, 6) is -0.392. The van der Waals surface area contributed by atoms with E-state index in [1.54, 1.807) is 12.1 Å². The van der Waals surface area contributed by atoms with Gasteiger partial charge in [-0.05, 0) is 45.4 Å². The summed E-state index contributed by atoms with van der Waals surface area (Å²) in [5.41, 5.74) is -2.76. The minimum atomic E-state index is -4.59. The number of hydrogen-bond acceptors (Lipinski definition) is 8. The van der Waals surface area contributed by atoms with E-state index in [1.807, 2.05) is 6.92 Å². The van der Waals surface area contributed by atoms with Gasteiger partial charge in [-0.25, -0.2) is 4.79 Å². The minimum Gasteiger partial charge on any atom is -0.496 e. The van der Waals surface area contributed by atoms with Gasteiger partial charge in [0, 0.05) is 17.5 Å². The maximum atomic E-state index is 14.3. The van der Waals surface area contributed by atoms with Gasteiger partial charge in [-0.1, -0.05) is 6.92 Å². The molecule has 0 amide bonds. The molecule has 0 aliphatic rings.